The molecule has 0 radical (unpaired) electrons. The fourth-order valence-electron chi connectivity index (χ4n) is 2.58. The van der Waals surface area contributed by atoms with E-state index in [-0.39, 0.29) is 5.91 Å². The highest BCUT2D eigenvalue weighted by molar-refractivity contribution is 5.84. The molecule has 0 aromatic heterocycles. The van der Waals surface area contributed by atoms with Crippen LogP contribution in [0.15, 0.2) is 0 Å². The lowest BCUT2D eigenvalue weighted by Crippen LogP contribution is -2.40. The van der Waals surface area contributed by atoms with E-state index in [0.29, 0.717) is 31.8 Å². The normalized spacial score (nSPS) is 21.0. The Hall–Kier alpha value is -1.10. The van der Waals surface area contributed by atoms with Crippen molar-refractivity contribution in [2.45, 2.75) is 51.5 Å². The van der Waals surface area contributed by atoms with Crippen molar-refractivity contribution >= 4 is 11.9 Å². The number of likely N-dealkylation sites (tertiary alicyclic amines) is 1. The average molecular weight is 256 g/mol. The molecule has 2 unspecified atom stereocenters. The number of nitrogens with two attached hydrogens (primary N) is 1. The Labute approximate surface area is 108 Å². The molecule has 18 heavy (non-hydrogen) atoms. The van der Waals surface area contributed by atoms with Gasteiger partial charge in [0.15, 0.2) is 0 Å². The number of carbonyl (C=O) groups excluding carboxylic acids is 1. The maximum Gasteiger partial charge on any atom is 0.326 e. The van der Waals surface area contributed by atoms with Crippen molar-refractivity contribution in [3.63, 3.8) is 0 Å². The van der Waals surface area contributed by atoms with Gasteiger partial charge in [0.2, 0.25) is 5.91 Å². The van der Waals surface area contributed by atoms with Crippen molar-refractivity contribution in [3.8, 4) is 0 Å². The molecule has 1 amide bonds. The van der Waals surface area contributed by atoms with E-state index in [1.54, 1.807) is 0 Å². The summed E-state index contributed by atoms with van der Waals surface area (Å²) in [4.78, 5) is 24.5. The summed E-state index contributed by atoms with van der Waals surface area (Å²) in [6, 6.07) is -0.605. The standard InChI is InChI=1S/C13H24N2O3/c1-2-10(7-8-14)5-6-12(16)15-9-3-4-11(15)13(17)18/h10-11H,2-9,14H2,1H3,(H,17,18). The van der Waals surface area contributed by atoms with Gasteiger partial charge in [-0.05, 0) is 38.1 Å². The van der Waals surface area contributed by atoms with Gasteiger partial charge in [0, 0.05) is 13.0 Å². The quantitative estimate of drug-likeness (QED) is 0.717. The molecule has 5 nitrogen and oxygen atoms in total. The first-order valence-electron chi connectivity index (χ1n) is 6.82. The minimum atomic E-state index is -0.880. The molecular weight excluding hydrogens is 232 g/mol. The van der Waals surface area contributed by atoms with Crippen LogP contribution in [0.3, 0.4) is 0 Å². The lowest BCUT2D eigenvalue weighted by molar-refractivity contribution is -0.148. The second-order valence-corrected chi connectivity index (χ2v) is 4.97. The molecule has 0 saturated carbocycles. The number of hydrogen-bond acceptors (Lipinski definition) is 3. The van der Waals surface area contributed by atoms with Crippen LogP contribution in [0.1, 0.15) is 45.4 Å². The minimum absolute atomic E-state index is 0.0182. The first kappa shape index (κ1) is 15.0. The molecule has 1 heterocycles. The van der Waals surface area contributed by atoms with Gasteiger partial charge in [0.25, 0.3) is 0 Å². The van der Waals surface area contributed by atoms with Crippen LogP contribution in [0.5, 0.6) is 0 Å². The molecule has 1 saturated heterocycles. The van der Waals surface area contributed by atoms with Gasteiger partial charge >= 0.3 is 5.97 Å². The van der Waals surface area contributed by atoms with Crippen molar-refractivity contribution in [3.05, 3.63) is 0 Å². The van der Waals surface area contributed by atoms with E-state index in [4.69, 9.17) is 10.8 Å². The lowest BCUT2D eigenvalue weighted by atomic mass is 9.96. The Bertz CT molecular complexity index is 294. The van der Waals surface area contributed by atoms with Gasteiger partial charge in [-0.2, -0.15) is 0 Å². The van der Waals surface area contributed by atoms with E-state index in [0.717, 1.165) is 25.7 Å². The van der Waals surface area contributed by atoms with Gasteiger partial charge in [-0.1, -0.05) is 13.3 Å². The second kappa shape index (κ2) is 7.36. The van der Waals surface area contributed by atoms with E-state index in [2.05, 4.69) is 6.92 Å². The van der Waals surface area contributed by atoms with Gasteiger partial charge < -0.3 is 15.7 Å². The number of carbonyl (C=O) groups is 2. The molecule has 1 rings (SSSR count). The third kappa shape index (κ3) is 3.98. The third-order valence-corrected chi connectivity index (χ3v) is 3.78. The summed E-state index contributed by atoms with van der Waals surface area (Å²) in [6.45, 7) is 3.33. The third-order valence-electron chi connectivity index (χ3n) is 3.78. The van der Waals surface area contributed by atoms with Crippen molar-refractivity contribution in [2.24, 2.45) is 11.7 Å². The van der Waals surface area contributed by atoms with E-state index in [9.17, 15) is 9.59 Å². The van der Waals surface area contributed by atoms with Crippen LogP contribution >= 0.6 is 0 Å². The topological polar surface area (TPSA) is 83.6 Å². The van der Waals surface area contributed by atoms with Crippen LogP contribution in [0.2, 0.25) is 0 Å². The minimum Gasteiger partial charge on any atom is -0.480 e. The highest BCUT2D eigenvalue weighted by atomic mass is 16.4. The first-order chi connectivity index (χ1) is 8.60. The molecule has 0 bridgehead atoms. The summed E-state index contributed by atoms with van der Waals surface area (Å²) >= 11 is 0. The van der Waals surface area contributed by atoms with Crippen LogP contribution in [-0.2, 0) is 9.59 Å². The molecule has 0 aromatic carbocycles. The SMILES string of the molecule is CCC(CCN)CCC(=O)N1CCCC1C(=O)O. The molecule has 0 aromatic rings. The Morgan fingerprint density at radius 1 is 1.44 bits per heavy atom. The molecule has 0 aliphatic carbocycles. The van der Waals surface area contributed by atoms with Crippen LogP contribution in [0, 0.1) is 5.92 Å². The van der Waals surface area contributed by atoms with Gasteiger partial charge in [-0.3, -0.25) is 4.79 Å². The molecule has 1 aliphatic rings. The zero-order valence-corrected chi connectivity index (χ0v) is 11.1. The second-order valence-electron chi connectivity index (χ2n) is 4.97. The van der Waals surface area contributed by atoms with Crippen LogP contribution in [0.25, 0.3) is 0 Å². The monoisotopic (exact) mass is 256 g/mol. The molecule has 0 spiro atoms. The predicted octanol–water partition coefficient (Wildman–Crippen LogP) is 1.22. The number of hydrogen-bond donors (Lipinski definition) is 2. The largest absolute Gasteiger partial charge is 0.480 e. The summed E-state index contributed by atoms with van der Waals surface area (Å²) in [5.41, 5.74) is 5.52. The smallest absolute Gasteiger partial charge is 0.326 e. The molecule has 3 N–H and O–H groups in total. The highest BCUT2D eigenvalue weighted by Gasteiger charge is 2.33. The van der Waals surface area contributed by atoms with Crippen molar-refractivity contribution in [2.75, 3.05) is 13.1 Å². The Morgan fingerprint density at radius 3 is 2.72 bits per heavy atom. The van der Waals surface area contributed by atoms with Crippen LogP contribution in [-0.4, -0.2) is 41.0 Å². The van der Waals surface area contributed by atoms with Gasteiger partial charge in [0.1, 0.15) is 6.04 Å². The number of carboxylic acids is 1. The molecule has 5 heteroatoms. The maximum atomic E-state index is 12.0. The molecular formula is C13H24N2O3. The van der Waals surface area contributed by atoms with Crippen molar-refractivity contribution in [1.29, 1.82) is 0 Å². The van der Waals surface area contributed by atoms with Gasteiger partial charge in [-0.25, -0.2) is 4.79 Å². The summed E-state index contributed by atoms with van der Waals surface area (Å²) in [5, 5.41) is 9.03. The Balaban J connectivity index is 2.42. The molecule has 104 valence electrons. The van der Waals surface area contributed by atoms with Gasteiger partial charge in [0.05, 0.1) is 0 Å². The highest BCUT2D eigenvalue weighted by Crippen LogP contribution is 2.21. The number of nitrogens with zero attached hydrogens (tertiary/aromatic N) is 1. The number of rotatable bonds is 7. The Morgan fingerprint density at radius 2 is 2.17 bits per heavy atom. The lowest BCUT2D eigenvalue weighted by Gasteiger charge is -2.22. The summed E-state index contributed by atoms with van der Waals surface area (Å²) < 4.78 is 0. The fourth-order valence-corrected chi connectivity index (χ4v) is 2.58. The molecule has 1 aliphatic heterocycles. The van der Waals surface area contributed by atoms with Gasteiger partial charge in [-0.15, -0.1) is 0 Å². The Kier molecular flexibility index (Phi) is 6.12. The van der Waals surface area contributed by atoms with E-state index in [1.165, 1.54) is 4.90 Å². The maximum absolute atomic E-state index is 12.0. The number of aliphatic carboxylic acids is 1. The van der Waals surface area contributed by atoms with Crippen molar-refractivity contribution < 1.29 is 14.7 Å². The summed E-state index contributed by atoms with van der Waals surface area (Å²) in [6.07, 6.45) is 4.60. The zero-order chi connectivity index (χ0) is 13.5. The number of amides is 1. The fraction of sp³-hybridized carbons (Fsp3) is 0.846. The average Bonchev–Trinajstić information content (AvgIpc) is 2.83. The van der Waals surface area contributed by atoms with E-state index < -0.39 is 12.0 Å². The zero-order valence-electron chi connectivity index (χ0n) is 11.1. The first-order valence-corrected chi connectivity index (χ1v) is 6.82. The van der Waals surface area contributed by atoms with E-state index in [1.807, 2.05) is 0 Å². The number of carboxylic acid groups (broad SMARTS) is 1. The molecule has 2 atom stereocenters. The van der Waals surface area contributed by atoms with Crippen molar-refractivity contribution in [1.82, 2.24) is 4.90 Å². The summed E-state index contributed by atoms with van der Waals surface area (Å²) in [5.74, 6) is -0.421. The van der Waals surface area contributed by atoms with Crippen LogP contribution < -0.4 is 5.73 Å². The van der Waals surface area contributed by atoms with Crippen LogP contribution in [0.4, 0.5) is 0 Å². The summed E-state index contributed by atoms with van der Waals surface area (Å²) in [7, 11) is 0. The van der Waals surface area contributed by atoms with E-state index >= 15 is 0 Å². The predicted molar refractivity (Wildman–Crippen MR) is 69.1 cm³/mol. The molecule has 1 fully saturated rings.